The highest BCUT2D eigenvalue weighted by Gasteiger charge is 2.24. The number of rotatable bonds is 5. The van der Waals surface area contributed by atoms with Crippen molar-refractivity contribution in [1.29, 1.82) is 0 Å². The number of hydrogen-bond acceptors (Lipinski definition) is 2. The minimum Gasteiger partial charge on any atom is -0.497 e. The molecule has 1 aromatic carbocycles. The van der Waals surface area contributed by atoms with E-state index in [4.69, 9.17) is 4.74 Å². The predicted molar refractivity (Wildman–Crippen MR) is 76.1 cm³/mol. The molecule has 100 valence electrons. The molecule has 1 atom stereocenters. The maximum atomic E-state index is 5.20. The fourth-order valence-corrected chi connectivity index (χ4v) is 2.87. The average Bonchev–Trinajstić information content (AvgIpc) is 2.77. The molecule has 0 aromatic heterocycles. The molecule has 1 aromatic rings. The zero-order valence-corrected chi connectivity index (χ0v) is 11.9. The molecule has 0 saturated carbocycles. The van der Waals surface area contributed by atoms with E-state index in [0.717, 1.165) is 17.7 Å². The molecule has 1 unspecified atom stereocenters. The normalized spacial score (nSPS) is 20.6. The van der Waals surface area contributed by atoms with Crippen molar-refractivity contribution in [3.05, 3.63) is 29.8 Å². The summed E-state index contributed by atoms with van der Waals surface area (Å²) in [6, 6.07) is 9.27. The van der Waals surface area contributed by atoms with E-state index in [1.165, 1.54) is 37.9 Å². The predicted octanol–water partition coefficient (Wildman–Crippen LogP) is 3.36. The average molecular weight is 247 g/mol. The van der Waals surface area contributed by atoms with Crippen LogP contribution in [0, 0.1) is 5.92 Å². The van der Waals surface area contributed by atoms with Gasteiger partial charge in [-0.25, -0.2) is 0 Å². The zero-order chi connectivity index (χ0) is 13.0. The second-order valence-electron chi connectivity index (χ2n) is 5.74. The van der Waals surface area contributed by atoms with Crippen LogP contribution >= 0.6 is 0 Å². The SMILES string of the molecule is COc1ccc(CC2CCCN2CC(C)C)cc1. The number of methoxy groups -OCH3 is 1. The van der Waals surface area contributed by atoms with Gasteiger partial charge in [-0.3, -0.25) is 4.90 Å². The van der Waals surface area contributed by atoms with Crippen LogP contribution in [-0.2, 0) is 6.42 Å². The van der Waals surface area contributed by atoms with Gasteiger partial charge in [0.1, 0.15) is 5.75 Å². The minimum absolute atomic E-state index is 0.737. The van der Waals surface area contributed by atoms with E-state index in [-0.39, 0.29) is 0 Å². The van der Waals surface area contributed by atoms with Gasteiger partial charge in [-0.1, -0.05) is 26.0 Å². The van der Waals surface area contributed by atoms with Crippen molar-refractivity contribution in [2.75, 3.05) is 20.2 Å². The quantitative estimate of drug-likeness (QED) is 0.791. The molecule has 2 rings (SSSR count). The van der Waals surface area contributed by atoms with E-state index >= 15 is 0 Å². The van der Waals surface area contributed by atoms with Crippen LogP contribution in [0.1, 0.15) is 32.3 Å². The van der Waals surface area contributed by atoms with E-state index in [9.17, 15) is 0 Å². The van der Waals surface area contributed by atoms with Crippen LogP contribution in [0.15, 0.2) is 24.3 Å². The first kappa shape index (κ1) is 13.4. The van der Waals surface area contributed by atoms with E-state index in [2.05, 4.69) is 43.0 Å². The number of benzene rings is 1. The summed E-state index contributed by atoms with van der Waals surface area (Å²) in [5, 5.41) is 0. The Hall–Kier alpha value is -1.02. The Morgan fingerprint density at radius 3 is 2.61 bits per heavy atom. The van der Waals surface area contributed by atoms with E-state index < -0.39 is 0 Å². The molecule has 1 aliphatic rings. The molecule has 1 aliphatic heterocycles. The maximum absolute atomic E-state index is 5.20. The first-order chi connectivity index (χ1) is 8.69. The number of ether oxygens (including phenoxy) is 1. The highest BCUT2D eigenvalue weighted by atomic mass is 16.5. The zero-order valence-electron chi connectivity index (χ0n) is 11.9. The number of hydrogen-bond donors (Lipinski definition) is 0. The molecule has 0 aliphatic carbocycles. The van der Waals surface area contributed by atoms with E-state index in [0.29, 0.717) is 0 Å². The fourth-order valence-electron chi connectivity index (χ4n) is 2.87. The summed E-state index contributed by atoms with van der Waals surface area (Å²) in [6.45, 7) is 7.13. The molecule has 0 amide bonds. The molecule has 0 bridgehead atoms. The van der Waals surface area contributed by atoms with Gasteiger partial charge in [0, 0.05) is 12.6 Å². The molecule has 18 heavy (non-hydrogen) atoms. The lowest BCUT2D eigenvalue weighted by atomic mass is 10.0. The van der Waals surface area contributed by atoms with Gasteiger partial charge in [0.2, 0.25) is 0 Å². The van der Waals surface area contributed by atoms with Crippen LogP contribution in [0.2, 0.25) is 0 Å². The smallest absolute Gasteiger partial charge is 0.118 e. The first-order valence-corrected chi connectivity index (χ1v) is 7.06. The molecule has 1 heterocycles. The minimum atomic E-state index is 0.737. The third kappa shape index (κ3) is 3.49. The Kier molecular flexibility index (Phi) is 4.65. The monoisotopic (exact) mass is 247 g/mol. The summed E-state index contributed by atoms with van der Waals surface area (Å²) >= 11 is 0. The van der Waals surface area contributed by atoms with Crippen LogP contribution in [-0.4, -0.2) is 31.1 Å². The molecular weight excluding hydrogens is 222 g/mol. The van der Waals surface area contributed by atoms with Crippen LogP contribution in [0.4, 0.5) is 0 Å². The second kappa shape index (κ2) is 6.24. The number of nitrogens with zero attached hydrogens (tertiary/aromatic N) is 1. The van der Waals surface area contributed by atoms with Crippen LogP contribution < -0.4 is 4.74 Å². The van der Waals surface area contributed by atoms with E-state index in [1.807, 2.05) is 0 Å². The topological polar surface area (TPSA) is 12.5 Å². The third-order valence-corrected chi connectivity index (χ3v) is 3.73. The third-order valence-electron chi connectivity index (χ3n) is 3.73. The van der Waals surface area contributed by atoms with Gasteiger partial charge >= 0.3 is 0 Å². The highest BCUT2D eigenvalue weighted by Crippen LogP contribution is 2.23. The molecule has 2 nitrogen and oxygen atoms in total. The fraction of sp³-hybridized carbons (Fsp3) is 0.625. The van der Waals surface area contributed by atoms with Crippen molar-refractivity contribution in [3.8, 4) is 5.75 Å². The lowest BCUT2D eigenvalue weighted by Gasteiger charge is -2.26. The van der Waals surface area contributed by atoms with Crippen molar-refractivity contribution in [2.45, 2.75) is 39.2 Å². The number of likely N-dealkylation sites (tertiary alicyclic amines) is 1. The van der Waals surface area contributed by atoms with Gasteiger partial charge in [-0.05, 0) is 49.4 Å². The van der Waals surface area contributed by atoms with E-state index in [1.54, 1.807) is 7.11 Å². The largest absolute Gasteiger partial charge is 0.497 e. The Labute approximate surface area is 111 Å². The Morgan fingerprint density at radius 1 is 1.28 bits per heavy atom. The van der Waals surface area contributed by atoms with Crippen molar-refractivity contribution >= 4 is 0 Å². The van der Waals surface area contributed by atoms with Crippen molar-refractivity contribution < 1.29 is 4.74 Å². The van der Waals surface area contributed by atoms with Crippen molar-refractivity contribution in [1.82, 2.24) is 4.90 Å². The standard InChI is InChI=1S/C16H25NO/c1-13(2)12-17-10-4-5-15(17)11-14-6-8-16(18-3)9-7-14/h6-9,13,15H,4-5,10-12H2,1-3H3. The lowest BCUT2D eigenvalue weighted by Crippen LogP contribution is -2.34. The van der Waals surface area contributed by atoms with Gasteiger partial charge in [-0.2, -0.15) is 0 Å². The summed E-state index contributed by atoms with van der Waals surface area (Å²) in [4.78, 5) is 2.66. The molecule has 0 N–H and O–H groups in total. The Bertz CT molecular complexity index is 358. The molecule has 1 saturated heterocycles. The van der Waals surface area contributed by atoms with Gasteiger partial charge in [-0.15, -0.1) is 0 Å². The second-order valence-corrected chi connectivity index (χ2v) is 5.74. The van der Waals surface area contributed by atoms with Gasteiger partial charge in [0.05, 0.1) is 7.11 Å². The van der Waals surface area contributed by atoms with Crippen LogP contribution in [0.5, 0.6) is 5.75 Å². The molecule has 2 heteroatoms. The van der Waals surface area contributed by atoms with Gasteiger partial charge in [0.15, 0.2) is 0 Å². The Morgan fingerprint density at radius 2 is 2.00 bits per heavy atom. The molecular formula is C16H25NO. The first-order valence-electron chi connectivity index (χ1n) is 7.06. The summed E-state index contributed by atoms with van der Waals surface area (Å²) in [5.41, 5.74) is 1.43. The highest BCUT2D eigenvalue weighted by molar-refractivity contribution is 5.27. The van der Waals surface area contributed by atoms with Crippen LogP contribution in [0.25, 0.3) is 0 Å². The lowest BCUT2D eigenvalue weighted by molar-refractivity contribution is 0.225. The summed E-state index contributed by atoms with van der Waals surface area (Å²) in [5.74, 6) is 1.71. The van der Waals surface area contributed by atoms with Gasteiger partial charge < -0.3 is 4.74 Å². The van der Waals surface area contributed by atoms with Gasteiger partial charge in [0.25, 0.3) is 0 Å². The van der Waals surface area contributed by atoms with Crippen molar-refractivity contribution in [3.63, 3.8) is 0 Å². The summed E-state index contributed by atoms with van der Waals surface area (Å²) < 4.78 is 5.20. The van der Waals surface area contributed by atoms with Crippen LogP contribution in [0.3, 0.4) is 0 Å². The Balaban J connectivity index is 1.94. The molecule has 1 fully saturated rings. The molecule has 0 spiro atoms. The summed E-state index contributed by atoms with van der Waals surface area (Å²) in [6.07, 6.45) is 3.88. The maximum Gasteiger partial charge on any atom is 0.118 e. The van der Waals surface area contributed by atoms with Crippen molar-refractivity contribution in [2.24, 2.45) is 5.92 Å². The molecule has 0 radical (unpaired) electrons. The summed E-state index contributed by atoms with van der Waals surface area (Å²) in [7, 11) is 1.72.